The highest BCUT2D eigenvalue weighted by Crippen LogP contribution is 2.10. The van der Waals surface area contributed by atoms with Gasteiger partial charge in [0.25, 0.3) is 0 Å². The van der Waals surface area contributed by atoms with Crippen LogP contribution in [0.15, 0.2) is 18.2 Å². The number of benzene rings is 1. The number of hydrogen-bond donors (Lipinski definition) is 0. The van der Waals surface area contributed by atoms with Gasteiger partial charge in [0.2, 0.25) is 5.91 Å². The lowest BCUT2D eigenvalue weighted by Crippen LogP contribution is -2.28. The molecule has 0 aliphatic heterocycles. The summed E-state index contributed by atoms with van der Waals surface area (Å²) >= 11 is 0. The first-order valence-electron chi connectivity index (χ1n) is 5.21. The molecule has 0 aromatic heterocycles. The van der Waals surface area contributed by atoms with E-state index in [1.807, 2.05) is 38.1 Å². The predicted octanol–water partition coefficient (Wildman–Crippen LogP) is 1.83. The van der Waals surface area contributed by atoms with Crippen LogP contribution in [-0.2, 0) is 11.2 Å². The van der Waals surface area contributed by atoms with E-state index in [0.29, 0.717) is 6.42 Å². The fourth-order valence-electron chi connectivity index (χ4n) is 1.42. The molecule has 0 saturated heterocycles. The number of nitrogens with zero attached hydrogens (tertiary/aromatic N) is 2. The number of carbonyl (C=O) groups is 1. The third-order valence-corrected chi connectivity index (χ3v) is 2.66. The molecule has 0 fully saturated rings. The van der Waals surface area contributed by atoms with Crippen molar-refractivity contribution in [2.45, 2.75) is 20.3 Å². The van der Waals surface area contributed by atoms with Crippen LogP contribution in [0.5, 0.6) is 0 Å². The molecule has 84 valence electrons. The van der Waals surface area contributed by atoms with Gasteiger partial charge >= 0.3 is 0 Å². The molecule has 0 unspecified atom stereocenters. The van der Waals surface area contributed by atoms with Gasteiger partial charge in [-0.2, -0.15) is 5.26 Å². The fourth-order valence-corrected chi connectivity index (χ4v) is 1.42. The van der Waals surface area contributed by atoms with Crippen LogP contribution in [-0.4, -0.2) is 24.4 Å². The Kier molecular flexibility index (Phi) is 4.07. The second-order valence-electron chi connectivity index (χ2n) is 4.00. The molecule has 0 atom stereocenters. The molecule has 16 heavy (non-hydrogen) atoms. The Balaban J connectivity index is 2.70. The average Bonchev–Trinajstić information content (AvgIpc) is 2.24. The van der Waals surface area contributed by atoms with Gasteiger partial charge in [0.05, 0.1) is 12.5 Å². The highest BCUT2D eigenvalue weighted by Gasteiger charge is 2.09. The van der Waals surface area contributed by atoms with E-state index in [4.69, 9.17) is 5.26 Å². The molecule has 0 spiro atoms. The molecule has 0 aliphatic carbocycles. The Morgan fingerprint density at radius 2 is 2.06 bits per heavy atom. The van der Waals surface area contributed by atoms with E-state index in [1.54, 1.807) is 7.05 Å². The van der Waals surface area contributed by atoms with Crippen LogP contribution in [0, 0.1) is 25.2 Å². The number of nitriles is 1. The maximum absolute atomic E-state index is 11.7. The van der Waals surface area contributed by atoms with E-state index < -0.39 is 0 Å². The Bertz CT molecular complexity index is 432. The summed E-state index contributed by atoms with van der Waals surface area (Å²) in [4.78, 5) is 13.1. The van der Waals surface area contributed by atoms with Gasteiger partial charge in [-0.1, -0.05) is 18.2 Å². The first kappa shape index (κ1) is 12.3. The van der Waals surface area contributed by atoms with Crippen LogP contribution in [0.1, 0.15) is 16.7 Å². The van der Waals surface area contributed by atoms with Crippen molar-refractivity contribution in [3.8, 4) is 6.07 Å². The molecular weight excluding hydrogens is 200 g/mol. The van der Waals surface area contributed by atoms with E-state index >= 15 is 0 Å². The largest absolute Gasteiger partial charge is 0.332 e. The summed E-state index contributed by atoms with van der Waals surface area (Å²) in [7, 11) is 1.65. The van der Waals surface area contributed by atoms with Crippen LogP contribution in [0.4, 0.5) is 0 Å². The first-order valence-corrected chi connectivity index (χ1v) is 5.21. The maximum atomic E-state index is 11.7. The van der Waals surface area contributed by atoms with Gasteiger partial charge < -0.3 is 4.90 Å². The van der Waals surface area contributed by atoms with Gasteiger partial charge in [-0.3, -0.25) is 4.79 Å². The molecule has 1 aromatic rings. The van der Waals surface area contributed by atoms with Crippen LogP contribution < -0.4 is 0 Å². The summed E-state index contributed by atoms with van der Waals surface area (Å²) in [5.41, 5.74) is 3.41. The zero-order chi connectivity index (χ0) is 12.1. The van der Waals surface area contributed by atoms with Gasteiger partial charge in [0.1, 0.15) is 6.54 Å². The summed E-state index contributed by atoms with van der Waals surface area (Å²) < 4.78 is 0. The van der Waals surface area contributed by atoms with Crippen molar-refractivity contribution >= 4 is 5.91 Å². The number of rotatable bonds is 3. The summed E-state index contributed by atoms with van der Waals surface area (Å²) in [5.74, 6) is -0.0233. The number of hydrogen-bond acceptors (Lipinski definition) is 2. The minimum atomic E-state index is -0.0233. The number of likely N-dealkylation sites (N-methyl/N-ethyl adjacent to an activating group) is 1. The summed E-state index contributed by atoms with van der Waals surface area (Å²) in [6, 6.07) is 7.96. The summed E-state index contributed by atoms with van der Waals surface area (Å²) in [6.07, 6.45) is 0.360. The van der Waals surface area contributed by atoms with Crippen LogP contribution in [0.25, 0.3) is 0 Å². The van der Waals surface area contributed by atoms with Crippen molar-refractivity contribution < 1.29 is 4.79 Å². The zero-order valence-electron chi connectivity index (χ0n) is 9.95. The van der Waals surface area contributed by atoms with Crippen molar-refractivity contribution in [1.29, 1.82) is 5.26 Å². The normalized spacial score (nSPS) is 9.62. The topological polar surface area (TPSA) is 44.1 Å². The van der Waals surface area contributed by atoms with E-state index in [9.17, 15) is 4.79 Å². The third-order valence-electron chi connectivity index (χ3n) is 2.66. The molecule has 0 aliphatic rings. The SMILES string of the molecule is Cc1ccc(CC(=O)N(C)CC#N)cc1C. The van der Waals surface area contributed by atoms with Gasteiger partial charge in [-0.25, -0.2) is 0 Å². The van der Waals surface area contributed by atoms with Crippen LogP contribution in [0.2, 0.25) is 0 Å². The number of aryl methyl sites for hydroxylation is 2. The van der Waals surface area contributed by atoms with E-state index in [1.165, 1.54) is 16.0 Å². The Morgan fingerprint density at radius 3 is 2.62 bits per heavy atom. The molecule has 0 heterocycles. The Hall–Kier alpha value is -1.82. The standard InChI is InChI=1S/C13H16N2O/c1-10-4-5-12(8-11(10)2)9-13(16)15(3)7-6-14/h4-5,8H,7,9H2,1-3H3. The lowest BCUT2D eigenvalue weighted by molar-refractivity contribution is -0.128. The van der Waals surface area contributed by atoms with Crippen molar-refractivity contribution in [1.82, 2.24) is 4.90 Å². The molecule has 0 radical (unpaired) electrons. The molecule has 3 nitrogen and oxygen atoms in total. The van der Waals surface area contributed by atoms with E-state index in [-0.39, 0.29) is 12.5 Å². The van der Waals surface area contributed by atoms with Gasteiger partial charge in [0, 0.05) is 7.05 Å². The van der Waals surface area contributed by atoms with Crippen LogP contribution in [0.3, 0.4) is 0 Å². The van der Waals surface area contributed by atoms with Crippen molar-refractivity contribution in [3.63, 3.8) is 0 Å². The van der Waals surface area contributed by atoms with Gasteiger partial charge in [-0.15, -0.1) is 0 Å². The highest BCUT2D eigenvalue weighted by molar-refractivity contribution is 5.78. The number of carbonyl (C=O) groups excluding carboxylic acids is 1. The fraction of sp³-hybridized carbons (Fsp3) is 0.385. The second kappa shape index (κ2) is 5.32. The molecular formula is C13H16N2O. The molecule has 0 N–H and O–H groups in total. The van der Waals surface area contributed by atoms with Gasteiger partial charge in [0.15, 0.2) is 0 Å². The molecule has 0 bridgehead atoms. The minimum Gasteiger partial charge on any atom is -0.332 e. The Morgan fingerprint density at radius 1 is 1.38 bits per heavy atom. The lowest BCUT2D eigenvalue weighted by Gasteiger charge is -2.13. The monoisotopic (exact) mass is 216 g/mol. The molecule has 1 amide bonds. The molecule has 1 aromatic carbocycles. The average molecular weight is 216 g/mol. The maximum Gasteiger partial charge on any atom is 0.227 e. The zero-order valence-corrected chi connectivity index (χ0v) is 9.95. The first-order chi connectivity index (χ1) is 7.54. The van der Waals surface area contributed by atoms with E-state index in [2.05, 4.69) is 0 Å². The van der Waals surface area contributed by atoms with Crippen molar-refractivity contribution in [2.75, 3.05) is 13.6 Å². The molecule has 3 heteroatoms. The molecule has 0 saturated carbocycles. The van der Waals surface area contributed by atoms with Gasteiger partial charge in [-0.05, 0) is 30.5 Å². The van der Waals surface area contributed by atoms with Crippen LogP contribution >= 0.6 is 0 Å². The lowest BCUT2D eigenvalue weighted by atomic mass is 10.0. The Labute approximate surface area is 96.3 Å². The minimum absolute atomic E-state index is 0.0233. The number of amides is 1. The second-order valence-corrected chi connectivity index (χ2v) is 4.00. The smallest absolute Gasteiger partial charge is 0.227 e. The summed E-state index contributed by atoms with van der Waals surface area (Å²) in [5, 5.41) is 8.49. The molecule has 1 rings (SSSR count). The van der Waals surface area contributed by atoms with Crippen molar-refractivity contribution in [2.24, 2.45) is 0 Å². The predicted molar refractivity (Wildman–Crippen MR) is 62.9 cm³/mol. The third kappa shape index (κ3) is 3.09. The highest BCUT2D eigenvalue weighted by atomic mass is 16.2. The van der Waals surface area contributed by atoms with E-state index in [0.717, 1.165) is 5.56 Å². The quantitative estimate of drug-likeness (QED) is 0.723. The van der Waals surface area contributed by atoms with Crippen molar-refractivity contribution in [3.05, 3.63) is 34.9 Å². The summed E-state index contributed by atoms with van der Waals surface area (Å²) in [6.45, 7) is 4.22.